The quantitative estimate of drug-likeness (QED) is 0.344. The molecule has 9 heteroatoms. The first-order chi connectivity index (χ1) is 16.1. The van der Waals surface area contributed by atoms with Gasteiger partial charge in [0.15, 0.2) is 0 Å². The van der Waals surface area contributed by atoms with Gasteiger partial charge in [-0.2, -0.15) is 0 Å². The highest BCUT2D eigenvalue weighted by Crippen LogP contribution is 2.40. The maximum absolute atomic E-state index is 12.9. The standard InChI is InChI=1S/C25H24ClN3O3S2/c1-25(2,30)15-9-11-27-20(13-15)18-10-12-28-21-14-22(33-24(18)21)23(17-5-3-4-6-19(17)26)29-34(31,32)16-7-8-16/h3-6,9-14,16,23,29-30H,7-8H2,1-2H3/t23-/m1/s1. The van der Waals surface area contributed by atoms with Gasteiger partial charge in [-0.25, -0.2) is 13.1 Å². The van der Waals surface area contributed by atoms with Crippen LogP contribution in [0.5, 0.6) is 0 Å². The second-order valence-corrected chi connectivity index (χ2v) is 12.5. The molecule has 6 nitrogen and oxygen atoms in total. The molecule has 1 atom stereocenters. The number of hydrogen-bond donors (Lipinski definition) is 2. The van der Waals surface area contributed by atoms with Gasteiger partial charge in [0.2, 0.25) is 10.0 Å². The zero-order valence-electron chi connectivity index (χ0n) is 18.7. The monoisotopic (exact) mass is 513 g/mol. The molecule has 0 aliphatic heterocycles. The molecule has 2 N–H and O–H groups in total. The minimum absolute atomic E-state index is 0.352. The lowest BCUT2D eigenvalue weighted by Crippen LogP contribution is -2.31. The lowest BCUT2D eigenvalue weighted by Gasteiger charge is -2.19. The molecule has 3 heterocycles. The first-order valence-corrected chi connectivity index (χ1v) is 13.7. The Morgan fingerprint density at radius 1 is 1.12 bits per heavy atom. The summed E-state index contributed by atoms with van der Waals surface area (Å²) in [5, 5.41) is 10.6. The number of benzene rings is 1. The molecule has 1 aromatic carbocycles. The number of hydrogen-bond acceptors (Lipinski definition) is 6. The summed E-state index contributed by atoms with van der Waals surface area (Å²) in [5.74, 6) is 0. The van der Waals surface area contributed by atoms with Gasteiger partial charge in [0.1, 0.15) is 0 Å². The van der Waals surface area contributed by atoms with E-state index in [1.807, 2.05) is 36.4 Å². The smallest absolute Gasteiger partial charge is 0.215 e. The fraction of sp³-hybridized carbons (Fsp3) is 0.280. The van der Waals surface area contributed by atoms with E-state index >= 15 is 0 Å². The van der Waals surface area contributed by atoms with Crippen molar-refractivity contribution >= 4 is 43.2 Å². The first kappa shape index (κ1) is 23.4. The number of aliphatic hydroxyl groups is 1. The SMILES string of the molecule is CC(C)(O)c1ccnc(-c2ccnc3cc([C@H](NS(=O)(=O)C4CC4)c4ccccc4Cl)sc23)c1. The molecule has 3 aromatic heterocycles. The van der Waals surface area contributed by atoms with E-state index in [1.165, 1.54) is 11.3 Å². The minimum Gasteiger partial charge on any atom is -0.386 e. The van der Waals surface area contributed by atoms with Crippen molar-refractivity contribution in [2.75, 3.05) is 0 Å². The number of pyridine rings is 2. The summed E-state index contributed by atoms with van der Waals surface area (Å²) in [5.41, 5.74) is 2.79. The zero-order valence-corrected chi connectivity index (χ0v) is 21.1. The van der Waals surface area contributed by atoms with Crippen LogP contribution < -0.4 is 4.72 Å². The Balaban J connectivity index is 1.63. The first-order valence-electron chi connectivity index (χ1n) is 11.0. The number of nitrogens with one attached hydrogen (secondary N) is 1. The van der Waals surface area contributed by atoms with Crippen molar-refractivity contribution in [2.45, 2.75) is 43.6 Å². The average molecular weight is 514 g/mol. The van der Waals surface area contributed by atoms with Gasteiger partial charge in [-0.05, 0) is 68.1 Å². The van der Waals surface area contributed by atoms with Crippen LogP contribution in [-0.2, 0) is 15.6 Å². The molecule has 0 amide bonds. The van der Waals surface area contributed by atoms with Crippen molar-refractivity contribution in [1.29, 1.82) is 0 Å². The van der Waals surface area contributed by atoms with Gasteiger partial charge < -0.3 is 5.11 Å². The van der Waals surface area contributed by atoms with Crippen LogP contribution in [0.25, 0.3) is 21.5 Å². The molecule has 4 aromatic rings. The van der Waals surface area contributed by atoms with Gasteiger partial charge in [-0.15, -0.1) is 11.3 Å². The number of aromatic nitrogens is 2. The normalized spacial score (nSPS) is 15.5. The molecule has 1 saturated carbocycles. The van der Waals surface area contributed by atoms with Crippen molar-refractivity contribution in [1.82, 2.24) is 14.7 Å². The van der Waals surface area contributed by atoms with E-state index in [1.54, 1.807) is 38.4 Å². The third-order valence-electron chi connectivity index (χ3n) is 5.92. The Bertz CT molecular complexity index is 1470. The number of rotatable bonds is 7. The van der Waals surface area contributed by atoms with Crippen molar-refractivity contribution in [3.05, 3.63) is 82.0 Å². The molecule has 0 bridgehead atoms. The summed E-state index contributed by atoms with van der Waals surface area (Å²) >= 11 is 7.97. The van der Waals surface area contributed by atoms with E-state index in [4.69, 9.17) is 11.6 Å². The second kappa shape index (κ2) is 8.70. The Labute approximate surface area is 207 Å². The number of halogens is 1. The molecule has 0 unspecified atom stereocenters. The minimum atomic E-state index is -3.48. The van der Waals surface area contributed by atoms with Gasteiger partial charge in [0.05, 0.1) is 32.8 Å². The van der Waals surface area contributed by atoms with Gasteiger partial charge in [-0.1, -0.05) is 29.8 Å². The lowest BCUT2D eigenvalue weighted by molar-refractivity contribution is 0.0785. The molecule has 1 fully saturated rings. The van der Waals surface area contributed by atoms with E-state index in [-0.39, 0.29) is 5.25 Å². The van der Waals surface area contributed by atoms with E-state index in [0.717, 1.165) is 26.2 Å². The van der Waals surface area contributed by atoms with Crippen LogP contribution in [0.2, 0.25) is 5.02 Å². The number of nitrogens with zero attached hydrogens (tertiary/aromatic N) is 2. The van der Waals surface area contributed by atoms with Crippen LogP contribution in [0.15, 0.2) is 60.9 Å². The van der Waals surface area contributed by atoms with E-state index in [0.29, 0.717) is 29.1 Å². The largest absolute Gasteiger partial charge is 0.386 e. The van der Waals surface area contributed by atoms with Crippen molar-refractivity contribution < 1.29 is 13.5 Å². The summed E-state index contributed by atoms with van der Waals surface area (Å²) in [7, 11) is -3.48. The Morgan fingerprint density at radius 3 is 2.56 bits per heavy atom. The molecule has 1 aliphatic carbocycles. The Kier molecular flexibility index (Phi) is 5.98. The van der Waals surface area contributed by atoms with Gasteiger partial charge in [-0.3, -0.25) is 9.97 Å². The highest BCUT2D eigenvalue weighted by atomic mass is 35.5. The van der Waals surface area contributed by atoms with Crippen LogP contribution in [0.4, 0.5) is 0 Å². The Hall–Kier alpha value is -2.36. The van der Waals surface area contributed by atoms with Crippen LogP contribution in [-0.4, -0.2) is 28.7 Å². The summed E-state index contributed by atoms with van der Waals surface area (Å²) in [4.78, 5) is 9.85. The number of thiophene rings is 1. The molecular weight excluding hydrogens is 490 g/mol. The highest BCUT2D eigenvalue weighted by molar-refractivity contribution is 7.90. The predicted octanol–water partition coefficient (Wildman–Crippen LogP) is 5.41. The average Bonchev–Trinajstić information content (AvgIpc) is 3.57. The van der Waals surface area contributed by atoms with Crippen LogP contribution in [0.1, 0.15) is 48.7 Å². The van der Waals surface area contributed by atoms with Crippen molar-refractivity contribution in [2.24, 2.45) is 0 Å². The van der Waals surface area contributed by atoms with Crippen LogP contribution in [0, 0.1) is 0 Å². The second-order valence-electron chi connectivity index (χ2n) is 9.03. The van der Waals surface area contributed by atoms with Gasteiger partial charge >= 0.3 is 0 Å². The maximum Gasteiger partial charge on any atom is 0.215 e. The summed E-state index contributed by atoms with van der Waals surface area (Å²) in [6, 6.07) is 14.1. The van der Waals surface area contributed by atoms with E-state index in [2.05, 4.69) is 14.7 Å². The molecule has 176 valence electrons. The van der Waals surface area contributed by atoms with Crippen LogP contribution >= 0.6 is 22.9 Å². The summed E-state index contributed by atoms with van der Waals surface area (Å²) < 4.78 is 29.6. The third-order valence-corrected chi connectivity index (χ3v) is 9.40. The number of fused-ring (bicyclic) bond motifs is 1. The highest BCUT2D eigenvalue weighted by Gasteiger charge is 2.38. The van der Waals surface area contributed by atoms with Gasteiger partial charge in [0.25, 0.3) is 0 Å². The molecule has 0 radical (unpaired) electrons. The van der Waals surface area contributed by atoms with Crippen LogP contribution in [0.3, 0.4) is 0 Å². The fourth-order valence-electron chi connectivity index (χ4n) is 3.88. The fourth-order valence-corrected chi connectivity index (χ4v) is 6.94. The van der Waals surface area contributed by atoms with E-state index in [9.17, 15) is 13.5 Å². The molecular formula is C25H24ClN3O3S2. The maximum atomic E-state index is 12.9. The zero-order chi connectivity index (χ0) is 24.1. The molecule has 1 aliphatic rings. The number of sulfonamides is 1. The molecule has 5 rings (SSSR count). The van der Waals surface area contributed by atoms with Crippen molar-refractivity contribution in [3.63, 3.8) is 0 Å². The predicted molar refractivity (Wildman–Crippen MR) is 136 cm³/mol. The molecule has 0 spiro atoms. The lowest BCUT2D eigenvalue weighted by atomic mass is 9.97. The summed E-state index contributed by atoms with van der Waals surface area (Å²) in [6.07, 6.45) is 4.74. The summed E-state index contributed by atoms with van der Waals surface area (Å²) in [6.45, 7) is 3.47. The topological polar surface area (TPSA) is 92.2 Å². The molecule has 0 saturated heterocycles. The van der Waals surface area contributed by atoms with Gasteiger partial charge in [0, 0.05) is 27.9 Å². The Morgan fingerprint density at radius 2 is 1.85 bits per heavy atom. The van der Waals surface area contributed by atoms with E-state index < -0.39 is 21.7 Å². The van der Waals surface area contributed by atoms with Crippen molar-refractivity contribution in [3.8, 4) is 11.3 Å². The third kappa shape index (κ3) is 4.61. The molecule has 34 heavy (non-hydrogen) atoms.